The van der Waals surface area contributed by atoms with Crippen LogP contribution in [-0.2, 0) is 11.3 Å². The number of hydrogen-bond donors (Lipinski definition) is 0. The predicted molar refractivity (Wildman–Crippen MR) is 61.7 cm³/mol. The average molecular weight is 205 g/mol. The van der Waals surface area contributed by atoms with Crippen LogP contribution in [0.25, 0.3) is 0 Å². The van der Waals surface area contributed by atoms with Crippen LogP contribution in [0.3, 0.4) is 0 Å². The molecule has 0 aliphatic carbocycles. The summed E-state index contributed by atoms with van der Waals surface area (Å²) in [6.45, 7) is 7.29. The highest BCUT2D eigenvalue weighted by atomic mass is 16.5. The summed E-state index contributed by atoms with van der Waals surface area (Å²) >= 11 is 0. The molecule has 1 aromatic carbocycles. The first-order valence-corrected chi connectivity index (χ1v) is 5.68. The van der Waals surface area contributed by atoms with Crippen molar-refractivity contribution in [3.8, 4) is 0 Å². The predicted octanol–water partition coefficient (Wildman–Crippen LogP) is 2.15. The highest BCUT2D eigenvalue weighted by Gasteiger charge is 2.14. The van der Waals surface area contributed by atoms with Crippen LogP contribution in [0.4, 0.5) is 0 Å². The van der Waals surface area contributed by atoms with E-state index < -0.39 is 0 Å². The normalized spacial score (nSPS) is 23.7. The Hall–Kier alpha value is -0.860. The summed E-state index contributed by atoms with van der Waals surface area (Å²) in [5, 5.41) is 0. The molecule has 2 heteroatoms. The van der Waals surface area contributed by atoms with Crippen molar-refractivity contribution in [1.82, 2.24) is 4.90 Å². The Morgan fingerprint density at radius 2 is 2.13 bits per heavy atom. The van der Waals surface area contributed by atoms with E-state index in [0.717, 1.165) is 32.8 Å². The molecule has 2 nitrogen and oxygen atoms in total. The minimum atomic E-state index is 0.649. The largest absolute Gasteiger partial charge is 0.380 e. The molecule has 1 fully saturated rings. The van der Waals surface area contributed by atoms with Crippen molar-refractivity contribution in [1.29, 1.82) is 0 Å². The highest BCUT2D eigenvalue weighted by Crippen LogP contribution is 2.10. The third-order valence-corrected chi connectivity index (χ3v) is 2.77. The summed E-state index contributed by atoms with van der Waals surface area (Å²) in [4.78, 5) is 2.48. The Kier molecular flexibility index (Phi) is 3.75. The van der Waals surface area contributed by atoms with Gasteiger partial charge in [0.05, 0.1) is 13.2 Å². The molecule has 0 saturated carbocycles. The van der Waals surface area contributed by atoms with Gasteiger partial charge >= 0.3 is 0 Å². The minimum absolute atomic E-state index is 0.649. The third-order valence-electron chi connectivity index (χ3n) is 2.77. The van der Waals surface area contributed by atoms with Gasteiger partial charge in [-0.1, -0.05) is 37.3 Å². The lowest BCUT2D eigenvalue weighted by Crippen LogP contribution is -2.28. The molecule has 0 N–H and O–H groups in total. The number of hydrogen-bond acceptors (Lipinski definition) is 2. The summed E-state index contributed by atoms with van der Waals surface area (Å²) in [5.74, 6) is 0.649. The lowest BCUT2D eigenvalue weighted by molar-refractivity contribution is 0.125. The van der Waals surface area contributed by atoms with Crippen molar-refractivity contribution in [3.63, 3.8) is 0 Å². The highest BCUT2D eigenvalue weighted by molar-refractivity contribution is 5.14. The second kappa shape index (κ2) is 5.29. The van der Waals surface area contributed by atoms with Crippen LogP contribution in [0, 0.1) is 5.92 Å². The van der Waals surface area contributed by atoms with Gasteiger partial charge in [-0.3, -0.25) is 4.90 Å². The van der Waals surface area contributed by atoms with Crippen molar-refractivity contribution in [3.05, 3.63) is 35.9 Å². The molecule has 1 aliphatic rings. The molecule has 1 saturated heterocycles. The Balaban J connectivity index is 1.93. The maximum absolute atomic E-state index is 5.53. The Morgan fingerprint density at radius 3 is 2.93 bits per heavy atom. The topological polar surface area (TPSA) is 12.5 Å². The van der Waals surface area contributed by atoms with E-state index in [1.165, 1.54) is 5.56 Å². The summed E-state index contributed by atoms with van der Waals surface area (Å²) in [5.41, 5.74) is 1.40. The van der Waals surface area contributed by atoms with Gasteiger partial charge in [0, 0.05) is 19.6 Å². The maximum Gasteiger partial charge on any atom is 0.0593 e. The number of benzene rings is 1. The number of ether oxygens (including phenoxy) is 1. The quantitative estimate of drug-likeness (QED) is 0.733. The minimum Gasteiger partial charge on any atom is -0.380 e. The molecule has 0 bridgehead atoms. The molecule has 82 valence electrons. The van der Waals surface area contributed by atoms with Crippen LogP contribution < -0.4 is 0 Å². The molecule has 1 atom stereocenters. The molecule has 1 aromatic rings. The van der Waals surface area contributed by atoms with Gasteiger partial charge in [-0.2, -0.15) is 0 Å². The fourth-order valence-electron chi connectivity index (χ4n) is 2.05. The zero-order valence-corrected chi connectivity index (χ0v) is 9.36. The molecule has 1 unspecified atom stereocenters. The SMILES string of the molecule is CC1COCCN(Cc2ccccc2)C1. The molecule has 0 spiro atoms. The van der Waals surface area contributed by atoms with E-state index in [4.69, 9.17) is 4.74 Å². The van der Waals surface area contributed by atoms with Crippen LogP contribution in [0.5, 0.6) is 0 Å². The van der Waals surface area contributed by atoms with Crippen molar-refractivity contribution < 1.29 is 4.74 Å². The Labute approximate surface area is 91.9 Å². The smallest absolute Gasteiger partial charge is 0.0593 e. The van der Waals surface area contributed by atoms with Crippen LogP contribution in [0.1, 0.15) is 12.5 Å². The number of rotatable bonds is 2. The standard InChI is InChI=1S/C13H19NO/c1-12-9-14(7-8-15-11-12)10-13-5-3-2-4-6-13/h2-6,12H,7-11H2,1H3. The fourth-order valence-corrected chi connectivity index (χ4v) is 2.05. The molecule has 2 rings (SSSR count). The first-order valence-electron chi connectivity index (χ1n) is 5.68. The van der Waals surface area contributed by atoms with E-state index in [9.17, 15) is 0 Å². The van der Waals surface area contributed by atoms with Crippen LogP contribution in [-0.4, -0.2) is 31.2 Å². The van der Waals surface area contributed by atoms with Crippen molar-refractivity contribution in [2.75, 3.05) is 26.3 Å². The molecule has 1 aliphatic heterocycles. The van der Waals surface area contributed by atoms with E-state index in [0.29, 0.717) is 5.92 Å². The summed E-state index contributed by atoms with van der Waals surface area (Å²) in [6, 6.07) is 10.7. The van der Waals surface area contributed by atoms with Crippen molar-refractivity contribution in [2.45, 2.75) is 13.5 Å². The van der Waals surface area contributed by atoms with E-state index in [1.807, 2.05) is 0 Å². The average Bonchev–Trinajstić information content (AvgIpc) is 2.44. The van der Waals surface area contributed by atoms with E-state index >= 15 is 0 Å². The lowest BCUT2D eigenvalue weighted by Gasteiger charge is -2.21. The second-order valence-electron chi connectivity index (χ2n) is 4.40. The zero-order chi connectivity index (χ0) is 10.5. The van der Waals surface area contributed by atoms with Gasteiger partial charge in [0.25, 0.3) is 0 Å². The van der Waals surface area contributed by atoms with Crippen LogP contribution in [0.15, 0.2) is 30.3 Å². The first-order chi connectivity index (χ1) is 7.34. The maximum atomic E-state index is 5.53. The Morgan fingerprint density at radius 1 is 1.33 bits per heavy atom. The van der Waals surface area contributed by atoms with Gasteiger partial charge in [-0.25, -0.2) is 0 Å². The fraction of sp³-hybridized carbons (Fsp3) is 0.538. The third kappa shape index (κ3) is 3.33. The monoisotopic (exact) mass is 205 g/mol. The molecular weight excluding hydrogens is 186 g/mol. The molecule has 0 radical (unpaired) electrons. The van der Waals surface area contributed by atoms with Gasteiger partial charge in [0.2, 0.25) is 0 Å². The Bertz CT molecular complexity index is 286. The number of nitrogens with zero attached hydrogens (tertiary/aromatic N) is 1. The van der Waals surface area contributed by atoms with E-state index in [-0.39, 0.29) is 0 Å². The molecule has 15 heavy (non-hydrogen) atoms. The second-order valence-corrected chi connectivity index (χ2v) is 4.40. The van der Waals surface area contributed by atoms with Gasteiger partial charge in [0.1, 0.15) is 0 Å². The molecule has 0 aromatic heterocycles. The molecular formula is C13H19NO. The van der Waals surface area contributed by atoms with Gasteiger partial charge in [-0.15, -0.1) is 0 Å². The van der Waals surface area contributed by atoms with E-state index in [1.54, 1.807) is 0 Å². The van der Waals surface area contributed by atoms with Gasteiger partial charge in [-0.05, 0) is 11.5 Å². The van der Waals surface area contributed by atoms with Gasteiger partial charge < -0.3 is 4.74 Å². The summed E-state index contributed by atoms with van der Waals surface area (Å²) < 4.78 is 5.53. The summed E-state index contributed by atoms with van der Waals surface area (Å²) in [6.07, 6.45) is 0. The van der Waals surface area contributed by atoms with Gasteiger partial charge in [0.15, 0.2) is 0 Å². The molecule has 0 amide bonds. The summed E-state index contributed by atoms with van der Waals surface area (Å²) in [7, 11) is 0. The van der Waals surface area contributed by atoms with Crippen LogP contribution >= 0.6 is 0 Å². The van der Waals surface area contributed by atoms with Crippen LogP contribution in [0.2, 0.25) is 0 Å². The lowest BCUT2D eigenvalue weighted by atomic mass is 10.1. The first kappa shape index (κ1) is 10.7. The van der Waals surface area contributed by atoms with E-state index in [2.05, 4.69) is 42.2 Å². The molecule has 1 heterocycles. The zero-order valence-electron chi connectivity index (χ0n) is 9.36. The van der Waals surface area contributed by atoms with Crippen molar-refractivity contribution >= 4 is 0 Å². The van der Waals surface area contributed by atoms with Crippen molar-refractivity contribution in [2.24, 2.45) is 5.92 Å².